The molecule has 5 heteroatoms. The van der Waals surface area contributed by atoms with Gasteiger partial charge < -0.3 is 14.2 Å². The standard InChI is InChI=1S/C16H14O4S/c1-9-4-5-11(21-9)8-14-16(17)15-12(19-3)6-10(18-2)7-13(15)20-14/h4-8H,1-3H3. The molecule has 1 aliphatic rings. The van der Waals surface area contributed by atoms with E-state index in [9.17, 15) is 4.79 Å². The van der Waals surface area contributed by atoms with Crippen LogP contribution in [0.5, 0.6) is 17.2 Å². The number of ketones is 1. The van der Waals surface area contributed by atoms with E-state index in [1.165, 1.54) is 12.0 Å². The largest absolute Gasteiger partial charge is 0.496 e. The van der Waals surface area contributed by atoms with Gasteiger partial charge in [0, 0.05) is 28.0 Å². The first kappa shape index (κ1) is 13.7. The molecular formula is C16H14O4S. The summed E-state index contributed by atoms with van der Waals surface area (Å²) in [6.07, 6.45) is 1.76. The number of carbonyl (C=O) groups is 1. The number of fused-ring (bicyclic) bond motifs is 1. The number of aryl methyl sites for hydroxylation is 1. The number of thiophene rings is 1. The number of hydrogen-bond donors (Lipinski definition) is 0. The van der Waals surface area contributed by atoms with Crippen molar-refractivity contribution >= 4 is 23.2 Å². The van der Waals surface area contributed by atoms with E-state index in [1.807, 2.05) is 19.1 Å². The van der Waals surface area contributed by atoms with Gasteiger partial charge >= 0.3 is 0 Å². The van der Waals surface area contributed by atoms with Gasteiger partial charge in [-0.15, -0.1) is 11.3 Å². The first-order valence-electron chi connectivity index (χ1n) is 6.39. The highest BCUT2D eigenvalue weighted by molar-refractivity contribution is 7.12. The summed E-state index contributed by atoms with van der Waals surface area (Å²) < 4.78 is 16.1. The van der Waals surface area contributed by atoms with Gasteiger partial charge in [0.1, 0.15) is 22.8 Å². The summed E-state index contributed by atoms with van der Waals surface area (Å²) >= 11 is 1.61. The first-order valence-corrected chi connectivity index (χ1v) is 7.20. The van der Waals surface area contributed by atoms with Gasteiger partial charge in [0.25, 0.3) is 0 Å². The molecule has 0 radical (unpaired) electrons. The van der Waals surface area contributed by atoms with E-state index in [4.69, 9.17) is 14.2 Å². The first-order chi connectivity index (χ1) is 10.1. The minimum Gasteiger partial charge on any atom is -0.496 e. The molecule has 1 aliphatic heterocycles. The number of rotatable bonds is 3. The number of benzene rings is 1. The lowest BCUT2D eigenvalue weighted by Gasteiger charge is -2.07. The highest BCUT2D eigenvalue weighted by Crippen LogP contribution is 2.41. The Bertz CT molecular complexity index is 743. The van der Waals surface area contributed by atoms with Gasteiger partial charge in [0.05, 0.1) is 14.2 Å². The summed E-state index contributed by atoms with van der Waals surface area (Å²) in [4.78, 5) is 14.6. The van der Waals surface area contributed by atoms with Crippen molar-refractivity contribution < 1.29 is 19.0 Å². The number of carbonyl (C=O) groups excluding carboxylic acids is 1. The number of ether oxygens (including phenoxy) is 3. The molecule has 0 atom stereocenters. The van der Waals surface area contributed by atoms with E-state index in [2.05, 4.69) is 0 Å². The lowest BCUT2D eigenvalue weighted by atomic mass is 10.1. The molecule has 0 N–H and O–H groups in total. The molecule has 2 heterocycles. The van der Waals surface area contributed by atoms with Crippen molar-refractivity contribution in [1.82, 2.24) is 0 Å². The van der Waals surface area contributed by atoms with Gasteiger partial charge in [0.15, 0.2) is 5.76 Å². The molecule has 3 rings (SSSR count). The zero-order chi connectivity index (χ0) is 15.0. The monoisotopic (exact) mass is 302 g/mol. The van der Waals surface area contributed by atoms with Crippen molar-refractivity contribution in [3.8, 4) is 17.2 Å². The Hall–Kier alpha value is -2.27. The van der Waals surface area contributed by atoms with E-state index in [0.717, 1.165) is 4.88 Å². The van der Waals surface area contributed by atoms with Crippen molar-refractivity contribution in [2.75, 3.05) is 14.2 Å². The molecule has 0 saturated carbocycles. The molecule has 2 aromatic rings. The number of methoxy groups -OCH3 is 2. The summed E-state index contributed by atoms with van der Waals surface area (Å²) in [5.74, 6) is 1.65. The highest BCUT2D eigenvalue weighted by Gasteiger charge is 2.32. The summed E-state index contributed by atoms with van der Waals surface area (Å²) in [5, 5.41) is 0. The number of hydrogen-bond acceptors (Lipinski definition) is 5. The van der Waals surface area contributed by atoms with Gasteiger partial charge in [0.2, 0.25) is 5.78 Å². The third-order valence-electron chi connectivity index (χ3n) is 3.20. The van der Waals surface area contributed by atoms with Crippen LogP contribution in [0.4, 0.5) is 0 Å². The molecule has 4 nitrogen and oxygen atoms in total. The van der Waals surface area contributed by atoms with Gasteiger partial charge in [-0.1, -0.05) is 0 Å². The summed E-state index contributed by atoms with van der Waals surface area (Å²) in [6.45, 7) is 2.02. The van der Waals surface area contributed by atoms with Gasteiger partial charge in [-0.3, -0.25) is 4.79 Å². The smallest absolute Gasteiger partial charge is 0.235 e. The van der Waals surface area contributed by atoms with Crippen LogP contribution in [0.2, 0.25) is 0 Å². The number of allylic oxidation sites excluding steroid dienone is 1. The maximum absolute atomic E-state index is 12.5. The van der Waals surface area contributed by atoms with Crippen molar-refractivity contribution in [2.45, 2.75) is 6.92 Å². The second kappa shape index (κ2) is 5.26. The maximum atomic E-state index is 12.5. The zero-order valence-corrected chi connectivity index (χ0v) is 12.7. The fraction of sp³-hybridized carbons (Fsp3) is 0.188. The minimum absolute atomic E-state index is 0.171. The molecular weight excluding hydrogens is 288 g/mol. The summed E-state index contributed by atoms with van der Waals surface area (Å²) in [6, 6.07) is 7.34. The molecule has 108 valence electrons. The minimum atomic E-state index is -0.171. The van der Waals surface area contributed by atoms with Crippen molar-refractivity contribution in [3.05, 3.63) is 45.3 Å². The summed E-state index contributed by atoms with van der Waals surface area (Å²) in [5.41, 5.74) is 0.442. The third-order valence-corrected chi connectivity index (χ3v) is 4.15. The van der Waals surface area contributed by atoms with Gasteiger partial charge in [-0.05, 0) is 19.1 Å². The van der Waals surface area contributed by atoms with E-state index >= 15 is 0 Å². The Balaban J connectivity index is 2.04. The van der Waals surface area contributed by atoms with Crippen LogP contribution < -0.4 is 14.2 Å². The second-order valence-electron chi connectivity index (χ2n) is 4.59. The van der Waals surface area contributed by atoms with Crippen molar-refractivity contribution in [1.29, 1.82) is 0 Å². The molecule has 0 fully saturated rings. The van der Waals surface area contributed by atoms with Crippen molar-refractivity contribution in [3.63, 3.8) is 0 Å². The molecule has 21 heavy (non-hydrogen) atoms. The predicted octanol–water partition coefficient (Wildman–Crippen LogP) is 3.69. The Morgan fingerprint density at radius 2 is 2.00 bits per heavy atom. The molecule has 1 aromatic heterocycles. The quantitative estimate of drug-likeness (QED) is 0.811. The van der Waals surface area contributed by atoms with Crippen LogP contribution in [-0.2, 0) is 0 Å². The fourth-order valence-corrected chi connectivity index (χ4v) is 3.00. The SMILES string of the molecule is COc1cc(OC)c2c(c1)OC(=Cc1ccc(C)s1)C2=O. The molecule has 0 unspecified atom stereocenters. The van der Waals surface area contributed by atoms with Crippen LogP contribution in [0.15, 0.2) is 30.0 Å². The van der Waals surface area contributed by atoms with E-state index in [0.29, 0.717) is 28.6 Å². The summed E-state index contributed by atoms with van der Waals surface area (Å²) in [7, 11) is 3.08. The average molecular weight is 302 g/mol. The fourth-order valence-electron chi connectivity index (χ4n) is 2.19. The van der Waals surface area contributed by atoms with E-state index < -0.39 is 0 Å². The molecule has 0 saturated heterocycles. The van der Waals surface area contributed by atoms with Crippen LogP contribution in [0, 0.1) is 6.92 Å². The lowest BCUT2D eigenvalue weighted by molar-refractivity contribution is 0.101. The molecule has 0 bridgehead atoms. The van der Waals surface area contributed by atoms with Gasteiger partial charge in [-0.2, -0.15) is 0 Å². The van der Waals surface area contributed by atoms with Crippen LogP contribution in [-0.4, -0.2) is 20.0 Å². The van der Waals surface area contributed by atoms with E-state index in [1.54, 1.807) is 36.7 Å². The normalized spacial score (nSPS) is 15.0. The Labute approximate surface area is 126 Å². The lowest BCUT2D eigenvalue weighted by Crippen LogP contribution is -1.99. The molecule has 0 spiro atoms. The molecule has 0 aliphatic carbocycles. The van der Waals surface area contributed by atoms with Crippen LogP contribution >= 0.6 is 11.3 Å². The van der Waals surface area contributed by atoms with Crippen molar-refractivity contribution in [2.24, 2.45) is 0 Å². The molecule has 1 aromatic carbocycles. The molecule has 0 amide bonds. The van der Waals surface area contributed by atoms with Crippen LogP contribution in [0.1, 0.15) is 20.1 Å². The average Bonchev–Trinajstić information content (AvgIpc) is 3.02. The predicted molar refractivity (Wildman–Crippen MR) is 81.5 cm³/mol. The zero-order valence-electron chi connectivity index (χ0n) is 11.9. The van der Waals surface area contributed by atoms with Gasteiger partial charge in [-0.25, -0.2) is 0 Å². The third kappa shape index (κ3) is 2.40. The Morgan fingerprint density at radius 3 is 2.62 bits per heavy atom. The number of Topliss-reactive ketones (excluding diaryl/α,β-unsaturated/α-hetero) is 1. The van der Waals surface area contributed by atoms with Crippen LogP contribution in [0.3, 0.4) is 0 Å². The Morgan fingerprint density at radius 1 is 1.19 bits per heavy atom. The maximum Gasteiger partial charge on any atom is 0.235 e. The second-order valence-corrected chi connectivity index (χ2v) is 5.91. The van der Waals surface area contributed by atoms with Crippen LogP contribution in [0.25, 0.3) is 6.08 Å². The highest BCUT2D eigenvalue weighted by atomic mass is 32.1. The van der Waals surface area contributed by atoms with E-state index in [-0.39, 0.29) is 5.78 Å². The topological polar surface area (TPSA) is 44.8 Å². The Kier molecular flexibility index (Phi) is 3.43.